The van der Waals surface area contributed by atoms with Crippen molar-refractivity contribution in [1.29, 1.82) is 0 Å². The number of pyridine rings is 1. The third-order valence-corrected chi connectivity index (χ3v) is 7.19. The van der Waals surface area contributed by atoms with Crippen LogP contribution in [0.15, 0.2) is 60.8 Å². The largest absolute Gasteiger partial charge is 0.493 e. The molecule has 0 aliphatic carbocycles. The molecule has 3 aromatic carbocycles. The number of hydrogen-bond donors (Lipinski definition) is 3. The number of aromatic nitrogens is 1. The van der Waals surface area contributed by atoms with E-state index in [-0.39, 0.29) is 11.4 Å². The summed E-state index contributed by atoms with van der Waals surface area (Å²) in [6, 6.07) is 13.7. The lowest BCUT2D eigenvalue weighted by Crippen LogP contribution is -2.30. The van der Waals surface area contributed by atoms with E-state index >= 15 is 4.39 Å². The molecule has 2 amide bonds. The molecule has 1 fully saturated rings. The Labute approximate surface area is 253 Å². The Morgan fingerprint density at radius 3 is 2.14 bits per heavy atom. The highest BCUT2D eigenvalue weighted by Gasteiger charge is 2.20. The van der Waals surface area contributed by atoms with Crippen LogP contribution >= 0.6 is 0 Å². The zero-order valence-electron chi connectivity index (χ0n) is 24.6. The number of hydrogen-bond acceptors (Lipinski definition) is 9. The Morgan fingerprint density at radius 1 is 0.818 bits per heavy atom. The third kappa shape index (κ3) is 6.92. The maximum absolute atomic E-state index is 15.1. The summed E-state index contributed by atoms with van der Waals surface area (Å²) in [4.78, 5) is 29.4. The average molecular weight is 605 g/mol. The molecule has 0 unspecified atom stereocenters. The van der Waals surface area contributed by atoms with Crippen LogP contribution in [-0.2, 0) is 9.59 Å². The van der Waals surface area contributed by atoms with Crippen LogP contribution in [0.3, 0.4) is 0 Å². The molecule has 1 aliphatic heterocycles. The van der Waals surface area contributed by atoms with Crippen LogP contribution in [-0.4, -0.2) is 57.8 Å². The van der Waals surface area contributed by atoms with Gasteiger partial charge in [0.15, 0.2) is 34.6 Å². The second kappa shape index (κ2) is 13.9. The van der Waals surface area contributed by atoms with Gasteiger partial charge in [-0.25, -0.2) is 4.39 Å². The normalized spacial score (nSPS) is 13.2. The molecule has 5 rings (SSSR count). The molecule has 0 radical (unpaired) electrons. The summed E-state index contributed by atoms with van der Waals surface area (Å²) in [6.45, 7) is 2.53. The molecule has 230 valence electrons. The van der Waals surface area contributed by atoms with Gasteiger partial charge in [0.2, 0.25) is 0 Å². The second-order valence-corrected chi connectivity index (χ2v) is 10.0. The lowest BCUT2D eigenvalue weighted by molar-refractivity contribution is -0.133. The van der Waals surface area contributed by atoms with Crippen molar-refractivity contribution in [1.82, 2.24) is 10.3 Å². The monoisotopic (exact) mass is 604 g/mol. The van der Waals surface area contributed by atoms with E-state index in [1.807, 2.05) is 0 Å². The van der Waals surface area contributed by atoms with Gasteiger partial charge >= 0.3 is 11.8 Å². The lowest BCUT2D eigenvalue weighted by Gasteiger charge is -2.23. The van der Waals surface area contributed by atoms with Crippen LogP contribution in [0.2, 0.25) is 0 Å². The molecule has 1 saturated heterocycles. The fourth-order valence-corrected chi connectivity index (χ4v) is 4.87. The molecular weight excluding hydrogens is 571 g/mol. The SMILES string of the molecule is COc1ccc(NC(=O)C(=O)Nc2ccc(Oc3ccnc4c(OC)c(OCC5CCNCC5)ccc34)c(F)c2)cc1OC. The smallest absolute Gasteiger partial charge is 0.314 e. The minimum Gasteiger partial charge on any atom is -0.493 e. The van der Waals surface area contributed by atoms with Crippen molar-refractivity contribution in [3.05, 3.63) is 66.6 Å². The summed E-state index contributed by atoms with van der Waals surface area (Å²) < 4.78 is 43.1. The van der Waals surface area contributed by atoms with Gasteiger partial charge in [-0.2, -0.15) is 0 Å². The standard InChI is InChI=1S/C32H33FN4O7/c1-40-26-8-5-21(17-28(26)41-2)37-32(39)31(38)36-20-4-7-25(23(33)16-20)44-24-12-15-35-29-22(24)6-9-27(30(29)42-3)43-18-19-10-13-34-14-11-19/h4-9,12,15-17,19,34H,10-11,13-14,18H2,1-3H3,(H,36,38)(H,37,39). The Balaban J connectivity index is 1.26. The van der Waals surface area contributed by atoms with Crippen LogP contribution in [0.4, 0.5) is 15.8 Å². The molecule has 3 N–H and O–H groups in total. The van der Waals surface area contributed by atoms with Gasteiger partial charge in [0.1, 0.15) is 11.3 Å². The van der Waals surface area contributed by atoms with Gasteiger partial charge in [-0.1, -0.05) is 0 Å². The van der Waals surface area contributed by atoms with Crippen LogP contribution < -0.4 is 39.6 Å². The number of rotatable bonds is 10. The molecule has 0 bridgehead atoms. The van der Waals surface area contributed by atoms with E-state index < -0.39 is 17.6 Å². The number of halogens is 1. The number of amides is 2. The number of benzene rings is 3. The first kappa shape index (κ1) is 30.4. The predicted octanol–water partition coefficient (Wildman–Crippen LogP) is 5.15. The van der Waals surface area contributed by atoms with Crippen LogP contribution in [0.1, 0.15) is 12.8 Å². The highest BCUT2D eigenvalue weighted by atomic mass is 19.1. The fraction of sp³-hybridized carbons (Fsp3) is 0.281. The third-order valence-electron chi connectivity index (χ3n) is 7.19. The maximum atomic E-state index is 15.1. The molecule has 0 atom stereocenters. The molecular formula is C32H33FN4O7. The first-order chi connectivity index (χ1) is 21.4. The highest BCUT2D eigenvalue weighted by Crippen LogP contribution is 2.40. The minimum atomic E-state index is -0.988. The first-order valence-corrected chi connectivity index (χ1v) is 14.0. The van der Waals surface area contributed by atoms with E-state index in [0.717, 1.165) is 32.0 Å². The average Bonchev–Trinajstić information content (AvgIpc) is 3.05. The number of nitrogens with one attached hydrogen (secondary N) is 3. The number of carbonyl (C=O) groups excluding carboxylic acids is 2. The van der Waals surface area contributed by atoms with E-state index in [0.29, 0.717) is 57.9 Å². The van der Waals surface area contributed by atoms with Crippen LogP contribution in [0, 0.1) is 11.7 Å². The molecule has 12 heteroatoms. The fourth-order valence-electron chi connectivity index (χ4n) is 4.87. The Kier molecular flexibility index (Phi) is 9.60. The Bertz CT molecular complexity index is 1660. The van der Waals surface area contributed by atoms with Gasteiger partial charge in [-0.3, -0.25) is 14.6 Å². The topological polar surface area (TPSA) is 129 Å². The van der Waals surface area contributed by atoms with Gasteiger partial charge in [0, 0.05) is 35.1 Å². The van der Waals surface area contributed by atoms with Crippen LogP contribution in [0.25, 0.3) is 10.9 Å². The van der Waals surface area contributed by atoms with E-state index in [1.165, 1.54) is 32.4 Å². The van der Waals surface area contributed by atoms with Gasteiger partial charge in [-0.15, -0.1) is 0 Å². The number of nitrogens with zero attached hydrogens (tertiary/aromatic N) is 1. The Morgan fingerprint density at radius 2 is 1.48 bits per heavy atom. The van der Waals surface area contributed by atoms with Crippen molar-refractivity contribution in [3.8, 4) is 34.5 Å². The summed E-state index contributed by atoms with van der Waals surface area (Å²) in [5.74, 6) is -0.0786. The molecule has 11 nitrogen and oxygen atoms in total. The summed E-state index contributed by atoms with van der Waals surface area (Å²) in [7, 11) is 4.48. The summed E-state index contributed by atoms with van der Waals surface area (Å²) in [5.41, 5.74) is 0.899. The van der Waals surface area contributed by atoms with Crippen molar-refractivity contribution in [3.63, 3.8) is 0 Å². The van der Waals surface area contributed by atoms with Crippen molar-refractivity contribution < 1.29 is 37.7 Å². The molecule has 44 heavy (non-hydrogen) atoms. The van der Waals surface area contributed by atoms with Gasteiger partial charge in [0.25, 0.3) is 0 Å². The van der Waals surface area contributed by atoms with Gasteiger partial charge in [-0.05, 0) is 74.3 Å². The maximum Gasteiger partial charge on any atom is 0.314 e. The van der Waals surface area contributed by atoms with Gasteiger partial charge in [0.05, 0.1) is 27.9 Å². The van der Waals surface area contributed by atoms with Crippen molar-refractivity contribution >= 4 is 34.1 Å². The molecule has 1 aromatic heterocycles. The minimum absolute atomic E-state index is 0.0686. The number of ether oxygens (including phenoxy) is 5. The number of methoxy groups -OCH3 is 3. The molecule has 0 saturated carbocycles. The van der Waals surface area contributed by atoms with E-state index in [4.69, 9.17) is 23.7 Å². The predicted molar refractivity (Wildman–Crippen MR) is 163 cm³/mol. The summed E-state index contributed by atoms with van der Waals surface area (Å²) in [6.07, 6.45) is 3.64. The molecule has 2 heterocycles. The molecule has 1 aliphatic rings. The number of fused-ring (bicyclic) bond motifs is 1. The second-order valence-electron chi connectivity index (χ2n) is 10.0. The van der Waals surface area contributed by atoms with Crippen LogP contribution in [0.5, 0.6) is 34.5 Å². The number of anilines is 2. The summed E-state index contributed by atoms with van der Waals surface area (Å²) >= 11 is 0. The quantitative estimate of drug-likeness (QED) is 0.211. The highest BCUT2D eigenvalue weighted by molar-refractivity contribution is 6.43. The van der Waals surface area contributed by atoms with E-state index in [9.17, 15) is 9.59 Å². The zero-order valence-corrected chi connectivity index (χ0v) is 24.6. The molecule has 0 spiro atoms. The van der Waals surface area contributed by atoms with Crippen molar-refractivity contribution in [2.75, 3.05) is 51.7 Å². The first-order valence-electron chi connectivity index (χ1n) is 14.0. The van der Waals surface area contributed by atoms with E-state index in [2.05, 4.69) is 20.9 Å². The van der Waals surface area contributed by atoms with Crippen molar-refractivity contribution in [2.24, 2.45) is 5.92 Å². The Hall–Kier alpha value is -5.10. The lowest BCUT2D eigenvalue weighted by atomic mass is 9.99. The van der Waals surface area contributed by atoms with Gasteiger partial charge < -0.3 is 39.6 Å². The summed E-state index contributed by atoms with van der Waals surface area (Å²) in [5, 5.41) is 8.80. The van der Waals surface area contributed by atoms with E-state index in [1.54, 1.807) is 43.6 Å². The zero-order chi connectivity index (χ0) is 31.1. The van der Waals surface area contributed by atoms with Crippen molar-refractivity contribution in [2.45, 2.75) is 12.8 Å². The molecule has 4 aromatic rings. The number of piperidine rings is 1. The number of carbonyl (C=O) groups is 2.